The summed E-state index contributed by atoms with van der Waals surface area (Å²) < 4.78 is 1.83. The van der Waals surface area contributed by atoms with Crippen LogP contribution in [0, 0.1) is 6.92 Å². The number of carbonyl (C=O) groups excluding carboxylic acids is 1. The third kappa shape index (κ3) is 4.32. The molecule has 0 radical (unpaired) electrons. The van der Waals surface area contributed by atoms with Gasteiger partial charge in [-0.25, -0.2) is 0 Å². The van der Waals surface area contributed by atoms with E-state index in [9.17, 15) is 4.79 Å². The molecule has 1 aromatic carbocycles. The summed E-state index contributed by atoms with van der Waals surface area (Å²) in [4.78, 5) is 12.3. The zero-order valence-electron chi connectivity index (χ0n) is 13.2. The number of carbonyl (C=O) groups is 1. The van der Waals surface area contributed by atoms with Gasteiger partial charge in [0.2, 0.25) is 0 Å². The third-order valence-electron chi connectivity index (χ3n) is 3.49. The van der Waals surface area contributed by atoms with Gasteiger partial charge in [0.25, 0.3) is 5.91 Å². The van der Waals surface area contributed by atoms with E-state index in [0.29, 0.717) is 18.7 Å². The summed E-state index contributed by atoms with van der Waals surface area (Å²) in [5, 5.41) is 7.24. The Bertz CT molecular complexity index is 622. The average Bonchev–Trinajstić information content (AvgIpc) is 2.81. The van der Waals surface area contributed by atoms with Crippen LogP contribution < -0.4 is 11.1 Å². The molecule has 0 bridgehead atoms. The fraction of sp³-hybridized carbons (Fsp3) is 0.375. The summed E-state index contributed by atoms with van der Waals surface area (Å²) in [6.45, 7) is 6.74. The number of amides is 1. The van der Waals surface area contributed by atoms with Crippen LogP contribution >= 0.6 is 12.4 Å². The van der Waals surface area contributed by atoms with Gasteiger partial charge < -0.3 is 11.1 Å². The van der Waals surface area contributed by atoms with E-state index < -0.39 is 5.54 Å². The van der Waals surface area contributed by atoms with Crippen LogP contribution in [0.4, 0.5) is 0 Å². The molecule has 120 valence electrons. The van der Waals surface area contributed by atoms with Crippen molar-refractivity contribution in [3.8, 4) is 0 Å². The molecule has 0 aliphatic carbocycles. The van der Waals surface area contributed by atoms with Crippen LogP contribution in [0.5, 0.6) is 0 Å². The average molecular weight is 323 g/mol. The van der Waals surface area contributed by atoms with Gasteiger partial charge in [0.1, 0.15) is 0 Å². The number of rotatable bonds is 5. The first-order chi connectivity index (χ1) is 9.93. The van der Waals surface area contributed by atoms with E-state index >= 15 is 0 Å². The van der Waals surface area contributed by atoms with Crippen molar-refractivity contribution in [3.63, 3.8) is 0 Å². The van der Waals surface area contributed by atoms with E-state index in [-0.39, 0.29) is 18.3 Å². The lowest BCUT2D eigenvalue weighted by molar-refractivity contribution is 0.0915. The predicted octanol–water partition coefficient (Wildman–Crippen LogP) is 2.13. The molecule has 0 saturated heterocycles. The molecule has 1 amide bonds. The predicted molar refractivity (Wildman–Crippen MR) is 90.4 cm³/mol. The smallest absolute Gasteiger partial charge is 0.255 e. The summed E-state index contributed by atoms with van der Waals surface area (Å²) in [7, 11) is 0. The lowest BCUT2D eigenvalue weighted by Gasteiger charge is -2.24. The first kappa shape index (κ1) is 18.2. The highest BCUT2D eigenvalue weighted by Crippen LogP contribution is 2.11. The number of nitrogens with one attached hydrogen (secondary N) is 1. The van der Waals surface area contributed by atoms with Gasteiger partial charge in [0, 0.05) is 17.8 Å². The van der Waals surface area contributed by atoms with Crippen LogP contribution in [-0.4, -0.2) is 27.8 Å². The quantitative estimate of drug-likeness (QED) is 0.885. The minimum absolute atomic E-state index is 0. The van der Waals surface area contributed by atoms with Gasteiger partial charge in [-0.3, -0.25) is 9.48 Å². The molecule has 0 spiro atoms. The molecule has 2 aromatic rings. The van der Waals surface area contributed by atoms with Gasteiger partial charge in [-0.05, 0) is 26.3 Å². The standard InChI is InChI=1S/C16H22N4O.ClH/c1-12-14(15(21)19-16(2,3)11-17)9-18-20(12)10-13-7-5-4-6-8-13;/h4-9H,10-11,17H2,1-3H3,(H,19,21);1H. The maximum absolute atomic E-state index is 12.3. The molecule has 22 heavy (non-hydrogen) atoms. The van der Waals surface area contributed by atoms with Crippen molar-refractivity contribution in [2.24, 2.45) is 5.73 Å². The van der Waals surface area contributed by atoms with Gasteiger partial charge in [-0.1, -0.05) is 30.3 Å². The van der Waals surface area contributed by atoms with Crippen molar-refractivity contribution in [1.82, 2.24) is 15.1 Å². The van der Waals surface area contributed by atoms with Crippen molar-refractivity contribution in [2.75, 3.05) is 6.54 Å². The largest absolute Gasteiger partial charge is 0.346 e. The number of aromatic nitrogens is 2. The summed E-state index contributed by atoms with van der Waals surface area (Å²) in [6, 6.07) is 10.0. The van der Waals surface area contributed by atoms with Crippen LogP contribution in [0.15, 0.2) is 36.5 Å². The summed E-state index contributed by atoms with van der Waals surface area (Å²) in [6.07, 6.45) is 1.61. The molecule has 1 aromatic heterocycles. The Morgan fingerprint density at radius 1 is 1.32 bits per heavy atom. The number of hydrogen-bond donors (Lipinski definition) is 2. The molecule has 0 aliphatic heterocycles. The fourth-order valence-corrected chi connectivity index (χ4v) is 2.01. The molecule has 5 nitrogen and oxygen atoms in total. The molecular weight excluding hydrogens is 300 g/mol. The number of halogens is 1. The molecule has 2 rings (SSSR count). The second-order valence-corrected chi connectivity index (χ2v) is 5.83. The van der Waals surface area contributed by atoms with Crippen LogP contribution in [0.1, 0.15) is 35.5 Å². The minimum Gasteiger partial charge on any atom is -0.346 e. The highest BCUT2D eigenvalue weighted by atomic mass is 35.5. The Hall–Kier alpha value is -1.85. The van der Waals surface area contributed by atoms with E-state index in [4.69, 9.17) is 5.73 Å². The van der Waals surface area contributed by atoms with Crippen LogP contribution in [0.2, 0.25) is 0 Å². The van der Waals surface area contributed by atoms with Gasteiger partial charge >= 0.3 is 0 Å². The molecular formula is C16H23ClN4O. The van der Waals surface area contributed by atoms with Crippen molar-refractivity contribution in [1.29, 1.82) is 0 Å². The van der Waals surface area contributed by atoms with Crippen LogP contribution in [0.25, 0.3) is 0 Å². The van der Waals surface area contributed by atoms with E-state index in [0.717, 1.165) is 11.3 Å². The zero-order chi connectivity index (χ0) is 15.5. The monoisotopic (exact) mass is 322 g/mol. The molecule has 3 N–H and O–H groups in total. The number of hydrogen-bond acceptors (Lipinski definition) is 3. The first-order valence-electron chi connectivity index (χ1n) is 7.02. The topological polar surface area (TPSA) is 72.9 Å². The summed E-state index contributed by atoms with van der Waals surface area (Å²) in [5.74, 6) is -0.137. The van der Waals surface area contributed by atoms with Gasteiger partial charge in [-0.15, -0.1) is 12.4 Å². The number of benzene rings is 1. The Morgan fingerprint density at radius 3 is 2.55 bits per heavy atom. The van der Waals surface area contributed by atoms with Gasteiger partial charge in [0.15, 0.2) is 0 Å². The Labute approximate surface area is 137 Å². The Kier molecular flexibility index (Phi) is 6.14. The molecule has 0 aliphatic rings. The highest BCUT2D eigenvalue weighted by Gasteiger charge is 2.22. The number of nitrogens with zero attached hydrogens (tertiary/aromatic N) is 2. The zero-order valence-corrected chi connectivity index (χ0v) is 14.0. The van der Waals surface area contributed by atoms with Gasteiger partial charge in [-0.2, -0.15) is 5.10 Å². The fourth-order valence-electron chi connectivity index (χ4n) is 2.01. The van der Waals surface area contributed by atoms with E-state index in [1.807, 2.05) is 55.8 Å². The third-order valence-corrected chi connectivity index (χ3v) is 3.49. The van der Waals surface area contributed by atoms with Crippen molar-refractivity contribution in [2.45, 2.75) is 32.9 Å². The Morgan fingerprint density at radius 2 is 1.95 bits per heavy atom. The van der Waals surface area contributed by atoms with Crippen LogP contribution in [0.3, 0.4) is 0 Å². The van der Waals surface area contributed by atoms with Crippen molar-refractivity contribution in [3.05, 3.63) is 53.3 Å². The summed E-state index contributed by atoms with van der Waals surface area (Å²) >= 11 is 0. The van der Waals surface area contributed by atoms with Crippen molar-refractivity contribution < 1.29 is 4.79 Å². The van der Waals surface area contributed by atoms with E-state index in [1.165, 1.54) is 0 Å². The normalized spacial score (nSPS) is 10.9. The van der Waals surface area contributed by atoms with E-state index in [1.54, 1.807) is 6.20 Å². The molecule has 6 heteroatoms. The lowest BCUT2D eigenvalue weighted by Crippen LogP contribution is -2.48. The van der Waals surface area contributed by atoms with Crippen molar-refractivity contribution >= 4 is 18.3 Å². The summed E-state index contributed by atoms with van der Waals surface area (Å²) in [5.41, 5.74) is 7.81. The molecule has 0 fully saturated rings. The van der Waals surface area contributed by atoms with Gasteiger partial charge in [0.05, 0.1) is 18.3 Å². The second-order valence-electron chi connectivity index (χ2n) is 5.83. The second kappa shape index (κ2) is 7.42. The first-order valence-corrected chi connectivity index (χ1v) is 7.02. The molecule has 0 saturated carbocycles. The number of nitrogens with two attached hydrogens (primary N) is 1. The Balaban J connectivity index is 0.00000242. The van der Waals surface area contributed by atoms with Crippen LogP contribution in [-0.2, 0) is 6.54 Å². The minimum atomic E-state index is -0.426. The molecule has 0 atom stereocenters. The highest BCUT2D eigenvalue weighted by molar-refractivity contribution is 5.95. The maximum Gasteiger partial charge on any atom is 0.255 e. The SMILES string of the molecule is Cc1c(C(=O)NC(C)(C)CN)cnn1Cc1ccccc1.Cl. The van der Waals surface area contributed by atoms with E-state index in [2.05, 4.69) is 10.4 Å². The molecule has 1 heterocycles. The maximum atomic E-state index is 12.3. The lowest BCUT2D eigenvalue weighted by atomic mass is 10.1. The molecule has 0 unspecified atom stereocenters.